The summed E-state index contributed by atoms with van der Waals surface area (Å²) in [4.78, 5) is 26.2. The van der Waals surface area contributed by atoms with E-state index in [2.05, 4.69) is 37.3 Å². The molecular weight excluding hydrogens is 410 g/mol. The van der Waals surface area contributed by atoms with Gasteiger partial charge in [0.25, 0.3) is 11.8 Å². The molecule has 4 rings (SSSR count). The molecule has 0 radical (unpaired) electrons. The molecule has 2 amide bonds. The summed E-state index contributed by atoms with van der Waals surface area (Å²) in [5, 5.41) is 0. The third kappa shape index (κ3) is 5.51. The van der Waals surface area contributed by atoms with E-state index in [1.54, 1.807) is 24.3 Å². The average Bonchev–Trinajstić information content (AvgIpc) is 3.08. The maximum Gasteiger partial charge on any atom is 0.261 e. The minimum absolute atomic E-state index is 0.154. The van der Waals surface area contributed by atoms with Gasteiger partial charge in [0.1, 0.15) is 5.75 Å². The molecule has 0 N–H and O–H groups in total. The van der Waals surface area contributed by atoms with Crippen molar-refractivity contribution in [1.29, 1.82) is 0 Å². The summed E-state index contributed by atoms with van der Waals surface area (Å²) in [6.07, 6.45) is 6.23. The van der Waals surface area contributed by atoms with Crippen LogP contribution in [0.4, 0.5) is 0 Å². The van der Waals surface area contributed by atoms with Crippen molar-refractivity contribution in [3.8, 4) is 16.9 Å². The van der Waals surface area contributed by atoms with Gasteiger partial charge in [-0.05, 0) is 49.1 Å². The Morgan fingerprint density at radius 3 is 1.97 bits per heavy atom. The molecule has 4 heteroatoms. The number of unbranched alkanes of at least 4 members (excludes halogenated alkanes) is 5. The van der Waals surface area contributed by atoms with Crippen LogP contribution in [0.5, 0.6) is 5.75 Å². The molecule has 0 spiro atoms. The Kier molecular flexibility index (Phi) is 7.56. The molecule has 0 bridgehead atoms. The zero-order valence-corrected chi connectivity index (χ0v) is 19.3. The smallest absolute Gasteiger partial charge is 0.261 e. The fourth-order valence-corrected chi connectivity index (χ4v) is 4.31. The molecule has 33 heavy (non-hydrogen) atoms. The first-order chi connectivity index (χ1) is 16.1. The largest absolute Gasteiger partial charge is 0.493 e. The molecule has 0 saturated heterocycles. The number of benzene rings is 3. The second kappa shape index (κ2) is 11.0. The highest BCUT2D eigenvalue weighted by molar-refractivity contribution is 6.21. The van der Waals surface area contributed by atoms with E-state index in [1.165, 1.54) is 16.0 Å². The number of carbonyl (C=O) groups is 2. The lowest BCUT2D eigenvalue weighted by atomic mass is 10.0. The minimum Gasteiger partial charge on any atom is -0.493 e. The summed E-state index contributed by atoms with van der Waals surface area (Å²) in [5.41, 5.74) is 4.57. The van der Waals surface area contributed by atoms with Gasteiger partial charge in [-0.1, -0.05) is 80.3 Å². The lowest BCUT2D eigenvalue weighted by molar-refractivity contribution is 0.0651. The van der Waals surface area contributed by atoms with Crippen LogP contribution in [0, 0.1) is 6.92 Å². The van der Waals surface area contributed by atoms with Crippen molar-refractivity contribution < 1.29 is 14.3 Å². The van der Waals surface area contributed by atoms with Crippen molar-refractivity contribution in [1.82, 2.24) is 4.90 Å². The zero-order chi connectivity index (χ0) is 23.0. The summed E-state index contributed by atoms with van der Waals surface area (Å²) in [6.45, 7) is 3.30. The molecule has 0 aromatic heterocycles. The highest BCUT2D eigenvalue weighted by Crippen LogP contribution is 2.31. The highest BCUT2D eigenvalue weighted by atomic mass is 16.5. The molecule has 1 aliphatic rings. The number of hydrogen-bond donors (Lipinski definition) is 0. The van der Waals surface area contributed by atoms with E-state index >= 15 is 0 Å². The number of nitrogens with zero attached hydrogens (tertiary/aromatic N) is 1. The molecule has 0 aliphatic carbocycles. The lowest BCUT2D eigenvalue weighted by Crippen LogP contribution is -2.30. The SMILES string of the molecule is Cc1ccc(-c2ccccc2)c(OCCCCCCCCN2C(=O)c3ccccc3C2=O)c1. The lowest BCUT2D eigenvalue weighted by Gasteiger charge is -2.14. The van der Waals surface area contributed by atoms with Crippen molar-refractivity contribution in [2.75, 3.05) is 13.2 Å². The molecule has 3 aromatic rings. The van der Waals surface area contributed by atoms with Gasteiger partial charge in [0.15, 0.2) is 0 Å². The van der Waals surface area contributed by atoms with E-state index in [9.17, 15) is 9.59 Å². The molecule has 0 fully saturated rings. The van der Waals surface area contributed by atoms with Gasteiger partial charge in [0.2, 0.25) is 0 Å². The highest BCUT2D eigenvalue weighted by Gasteiger charge is 2.34. The third-order valence-corrected chi connectivity index (χ3v) is 6.13. The fraction of sp³-hybridized carbons (Fsp3) is 0.310. The molecule has 0 saturated carbocycles. The van der Waals surface area contributed by atoms with E-state index < -0.39 is 0 Å². The minimum atomic E-state index is -0.154. The Labute approximate surface area is 196 Å². The summed E-state index contributed by atoms with van der Waals surface area (Å²) in [6, 6.07) is 23.8. The van der Waals surface area contributed by atoms with Gasteiger partial charge in [-0.3, -0.25) is 14.5 Å². The van der Waals surface area contributed by atoms with Gasteiger partial charge in [0.05, 0.1) is 17.7 Å². The molecule has 1 heterocycles. The molecule has 1 aliphatic heterocycles. The number of rotatable bonds is 11. The van der Waals surface area contributed by atoms with Gasteiger partial charge in [0, 0.05) is 12.1 Å². The van der Waals surface area contributed by atoms with Crippen LogP contribution >= 0.6 is 0 Å². The molecular formula is C29H31NO3. The van der Waals surface area contributed by atoms with E-state index in [0.29, 0.717) is 24.3 Å². The normalized spacial score (nSPS) is 12.8. The number of aryl methyl sites for hydroxylation is 1. The van der Waals surface area contributed by atoms with Gasteiger partial charge >= 0.3 is 0 Å². The van der Waals surface area contributed by atoms with Gasteiger partial charge in [-0.2, -0.15) is 0 Å². The van der Waals surface area contributed by atoms with E-state index in [1.807, 2.05) is 18.2 Å². The van der Waals surface area contributed by atoms with Crippen LogP contribution in [0.3, 0.4) is 0 Å². The maximum absolute atomic E-state index is 12.4. The Hall–Kier alpha value is -3.40. The standard InChI is InChI=1S/C29H31NO3/c1-22-17-18-24(23-13-7-6-8-14-23)27(21-22)33-20-12-5-3-2-4-11-19-30-28(31)25-15-9-10-16-26(25)29(30)32/h6-10,13-18,21H,2-5,11-12,19-20H2,1H3. The predicted octanol–water partition coefficient (Wildman–Crippen LogP) is 6.68. The molecule has 0 atom stereocenters. The molecule has 3 aromatic carbocycles. The second-order valence-electron chi connectivity index (χ2n) is 8.64. The van der Waals surface area contributed by atoms with Crippen LogP contribution in [0.15, 0.2) is 72.8 Å². The number of imide groups is 1. The number of amides is 2. The predicted molar refractivity (Wildman–Crippen MR) is 132 cm³/mol. The van der Waals surface area contributed by atoms with Gasteiger partial charge in [-0.15, -0.1) is 0 Å². The van der Waals surface area contributed by atoms with Crippen molar-refractivity contribution in [3.63, 3.8) is 0 Å². The Morgan fingerprint density at radius 1 is 0.667 bits per heavy atom. The number of carbonyl (C=O) groups excluding carboxylic acids is 2. The maximum atomic E-state index is 12.4. The molecule has 0 unspecified atom stereocenters. The van der Waals surface area contributed by atoms with Crippen LogP contribution in [0.1, 0.15) is 64.8 Å². The van der Waals surface area contributed by atoms with Crippen LogP contribution in [0.25, 0.3) is 11.1 Å². The monoisotopic (exact) mass is 441 g/mol. The topological polar surface area (TPSA) is 46.6 Å². The quantitative estimate of drug-likeness (QED) is 0.246. The number of fused-ring (bicyclic) bond motifs is 1. The zero-order valence-electron chi connectivity index (χ0n) is 19.3. The summed E-state index contributed by atoms with van der Waals surface area (Å²) in [7, 11) is 0. The van der Waals surface area contributed by atoms with Gasteiger partial charge < -0.3 is 4.74 Å². The molecule has 170 valence electrons. The number of ether oxygens (including phenoxy) is 1. The second-order valence-corrected chi connectivity index (χ2v) is 8.64. The summed E-state index contributed by atoms with van der Waals surface area (Å²) >= 11 is 0. The van der Waals surface area contributed by atoms with Crippen molar-refractivity contribution in [3.05, 3.63) is 89.5 Å². The van der Waals surface area contributed by atoms with E-state index in [4.69, 9.17) is 4.74 Å². The first kappa shape index (κ1) is 22.8. The Morgan fingerprint density at radius 2 is 1.27 bits per heavy atom. The van der Waals surface area contributed by atoms with Crippen LogP contribution in [0.2, 0.25) is 0 Å². The first-order valence-corrected chi connectivity index (χ1v) is 11.9. The van der Waals surface area contributed by atoms with Crippen molar-refractivity contribution >= 4 is 11.8 Å². The van der Waals surface area contributed by atoms with E-state index in [-0.39, 0.29) is 11.8 Å². The van der Waals surface area contributed by atoms with Crippen LogP contribution in [-0.4, -0.2) is 29.9 Å². The average molecular weight is 442 g/mol. The number of hydrogen-bond acceptors (Lipinski definition) is 3. The van der Waals surface area contributed by atoms with Gasteiger partial charge in [-0.25, -0.2) is 0 Å². The van der Waals surface area contributed by atoms with Crippen LogP contribution < -0.4 is 4.74 Å². The third-order valence-electron chi connectivity index (χ3n) is 6.13. The summed E-state index contributed by atoms with van der Waals surface area (Å²) in [5.74, 6) is 0.639. The van der Waals surface area contributed by atoms with Crippen molar-refractivity contribution in [2.24, 2.45) is 0 Å². The summed E-state index contributed by atoms with van der Waals surface area (Å²) < 4.78 is 6.14. The Bertz CT molecular complexity index is 1070. The fourth-order valence-electron chi connectivity index (χ4n) is 4.31. The first-order valence-electron chi connectivity index (χ1n) is 11.9. The molecule has 4 nitrogen and oxygen atoms in total. The van der Waals surface area contributed by atoms with Crippen molar-refractivity contribution in [2.45, 2.75) is 45.4 Å². The Balaban J connectivity index is 1.13. The van der Waals surface area contributed by atoms with Crippen LogP contribution in [-0.2, 0) is 0 Å². The van der Waals surface area contributed by atoms with E-state index in [0.717, 1.165) is 49.8 Å².